The molecule has 0 amide bonds. The molecule has 0 atom stereocenters. The Kier molecular flexibility index (Phi) is 5.48. The van der Waals surface area contributed by atoms with E-state index in [9.17, 15) is 5.11 Å². The summed E-state index contributed by atoms with van der Waals surface area (Å²) in [5.74, 6) is 0.894. The van der Waals surface area contributed by atoms with Crippen LogP contribution in [0, 0.1) is 0 Å². The van der Waals surface area contributed by atoms with Gasteiger partial charge in [0.1, 0.15) is 5.82 Å². The van der Waals surface area contributed by atoms with Crippen LogP contribution in [-0.2, 0) is 0 Å². The van der Waals surface area contributed by atoms with Crippen molar-refractivity contribution in [3.05, 3.63) is 109 Å². The number of hydrogen-bond donors (Lipinski definition) is 0. The van der Waals surface area contributed by atoms with Gasteiger partial charge < -0.3 is 5.11 Å². The summed E-state index contributed by atoms with van der Waals surface area (Å²) in [4.78, 5) is 8.22. The number of nitrogens with one attached hydrogen (secondary N) is 1. The third-order valence-electron chi connectivity index (χ3n) is 5.78. The minimum atomic E-state index is -0.00227. The van der Waals surface area contributed by atoms with E-state index in [1.807, 2.05) is 54.6 Å². The fourth-order valence-corrected chi connectivity index (χ4v) is 4.20. The van der Waals surface area contributed by atoms with E-state index < -0.39 is 0 Å². The Morgan fingerprint density at radius 1 is 0.667 bits per heavy atom. The summed E-state index contributed by atoms with van der Waals surface area (Å²) in [6.45, 7) is 0. The summed E-state index contributed by atoms with van der Waals surface area (Å²) in [5.41, 5.74) is 6.68. The Balaban J connectivity index is 0.00000228. The molecule has 4 aromatic carbocycles. The SMILES string of the molecule is [Li+].[O-]c1cccc2ccc(-c3ccc(-c4nc5ccccc5n4-c4ccccc4)cc3)[nH+]c12. The minimum absolute atomic E-state index is 0. The molecule has 2 aromatic heterocycles. The van der Waals surface area contributed by atoms with E-state index in [1.54, 1.807) is 12.1 Å². The molecule has 0 radical (unpaired) electrons. The number of para-hydroxylation sites is 4. The van der Waals surface area contributed by atoms with E-state index in [2.05, 4.69) is 52.0 Å². The summed E-state index contributed by atoms with van der Waals surface area (Å²) in [6.07, 6.45) is 0. The second-order valence-corrected chi connectivity index (χ2v) is 7.76. The molecule has 0 aliphatic carbocycles. The van der Waals surface area contributed by atoms with Crippen LogP contribution in [0.25, 0.3) is 50.3 Å². The van der Waals surface area contributed by atoms with Crippen molar-refractivity contribution in [1.82, 2.24) is 9.55 Å². The second-order valence-electron chi connectivity index (χ2n) is 7.76. The number of rotatable bonds is 3. The van der Waals surface area contributed by atoms with Gasteiger partial charge in [0.05, 0.1) is 11.0 Å². The summed E-state index contributed by atoms with van der Waals surface area (Å²) in [5, 5.41) is 13.1. The molecule has 0 bridgehead atoms. The van der Waals surface area contributed by atoms with Crippen LogP contribution < -0.4 is 29.0 Å². The van der Waals surface area contributed by atoms with Gasteiger partial charge in [-0.3, -0.25) is 4.57 Å². The van der Waals surface area contributed by atoms with Crippen molar-refractivity contribution >= 4 is 21.9 Å². The Hall–Kier alpha value is -3.84. The van der Waals surface area contributed by atoms with E-state index in [0.717, 1.165) is 44.8 Å². The molecule has 0 saturated carbocycles. The molecular formula is C28H19LiN3O+. The van der Waals surface area contributed by atoms with Crippen LogP contribution in [0.5, 0.6) is 5.75 Å². The Morgan fingerprint density at radius 2 is 1.39 bits per heavy atom. The van der Waals surface area contributed by atoms with E-state index in [0.29, 0.717) is 5.52 Å². The molecule has 0 spiro atoms. The topological polar surface area (TPSA) is 55.0 Å². The molecule has 0 unspecified atom stereocenters. The van der Waals surface area contributed by atoms with E-state index >= 15 is 0 Å². The van der Waals surface area contributed by atoms with Crippen LogP contribution in [0.4, 0.5) is 0 Å². The number of aromatic amines is 1. The molecule has 0 saturated heterocycles. The predicted octanol–water partition coefficient (Wildman–Crippen LogP) is 2.40. The molecule has 152 valence electrons. The van der Waals surface area contributed by atoms with Crippen molar-refractivity contribution in [2.24, 2.45) is 0 Å². The number of hydrogen-bond acceptors (Lipinski definition) is 2. The number of benzene rings is 4. The summed E-state index contributed by atoms with van der Waals surface area (Å²) in [6, 6.07) is 36.0. The molecule has 6 rings (SSSR count). The molecule has 6 aromatic rings. The molecule has 33 heavy (non-hydrogen) atoms. The number of imidazole rings is 1. The normalized spacial score (nSPS) is 10.9. The van der Waals surface area contributed by atoms with Gasteiger partial charge in [-0.05, 0) is 54.3 Å². The van der Waals surface area contributed by atoms with Crippen molar-refractivity contribution in [3.63, 3.8) is 0 Å². The summed E-state index contributed by atoms with van der Waals surface area (Å²) < 4.78 is 2.19. The fourth-order valence-electron chi connectivity index (χ4n) is 4.20. The first kappa shape index (κ1) is 21.0. The third kappa shape index (κ3) is 3.70. The number of aromatic nitrogens is 3. The first-order valence-corrected chi connectivity index (χ1v) is 10.5. The largest absolute Gasteiger partial charge is 1.00 e. The molecule has 0 aliphatic rings. The molecule has 0 aliphatic heterocycles. The molecule has 2 heterocycles. The first-order valence-electron chi connectivity index (χ1n) is 10.5. The number of fused-ring (bicyclic) bond motifs is 2. The quantitative estimate of drug-likeness (QED) is 0.413. The van der Waals surface area contributed by atoms with Crippen molar-refractivity contribution in [1.29, 1.82) is 0 Å². The van der Waals surface area contributed by atoms with Gasteiger partial charge in [-0.25, -0.2) is 9.97 Å². The van der Waals surface area contributed by atoms with Crippen molar-refractivity contribution in [2.45, 2.75) is 0 Å². The van der Waals surface area contributed by atoms with Crippen LogP contribution in [-0.4, -0.2) is 9.55 Å². The fraction of sp³-hybridized carbons (Fsp3) is 0. The van der Waals surface area contributed by atoms with Gasteiger partial charge in [-0.15, -0.1) is 0 Å². The van der Waals surface area contributed by atoms with Gasteiger partial charge in [0, 0.05) is 28.3 Å². The Bertz CT molecular complexity index is 1570. The molecular weight excluding hydrogens is 401 g/mol. The van der Waals surface area contributed by atoms with Gasteiger partial charge in [0.25, 0.3) is 0 Å². The maximum atomic E-state index is 12.2. The van der Waals surface area contributed by atoms with Crippen LogP contribution in [0.2, 0.25) is 0 Å². The van der Waals surface area contributed by atoms with E-state index in [-0.39, 0.29) is 24.6 Å². The smallest absolute Gasteiger partial charge is 0.868 e. The van der Waals surface area contributed by atoms with Gasteiger partial charge in [-0.1, -0.05) is 54.6 Å². The average Bonchev–Trinajstić information content (AvgIpc) is 3.24. The second kappa shape index (κ2) is 8.59. The molecule has 1 N–H and O–H groups in total. The van der Waals surface area contributed by atoms with Gasteiger partial charge >= 0.3 is 18.9 Å². The van der Waals surface area contributed by atoms with Gasteiger partial charge in [-0.2, -0.15) is 0 Å². The van der Waals surface area contributed by atoms with Crippen LogP contribution in [0.15, 0.2) is 109 Å². The monoisotopic (exact) mass is 420 g/mol. The zero-order valence-corrected chi connectivity index (χ0v) is 18.2. The zero-order valence-electron chi connectivity index (χ0n) is 18.2. The maximum Gasteiger partial charge on any atom is 1.00 e. The van der Waals surface area contributed by atoms with Gasteiger partial charge in [0.2, 0.25) is 11.2 Å². The molecule has 4 nitrogen and oxygen atoms in total. The molecule has 0 fully saturated rings. The first-order chi connectivity index (χ1) is 15.8. The van der Waals surface area contributed by atoms with Crippen LogP contribution in [0.1, 0.15) is 0 Å². The Labute approximate surface area is 203 Å². The molecule has 5 heteroatoms. The number of pyridine rings is 1. The van der Waals surface area contributed by atoms with E-state index in [4.69, 9.17) is 4.98 Å². The number of nitrogens with zero attached hydrogens (tertiary/aromatic N) is 2. The van der Waals surface area contributed by atoms with E-state index in [1.165, 1.54) is 0 Å². The van der Waals surface area contributed by atoms with Crippen molar-refractivity contribution in [3.8, 4) is 34.1 Å². The number of H-pyrrole nitrogens is 1. The predicted molar refractivity (Wildman–Crippen MR) is 125 cm³/mol. The zero-order chi connectivity index (χ0) is 21.5. The minimum Gasteiger partial charge on any atom is -0.868 e. The summed E-state index contributed by atoms with van der Waals surface area (Å²) >= 11 is 0. The standard InChI is InChI=1S/C28H19N3O.Li/c32-26-12-6-7-20-17-18-23(29-27(20)26)19-13-15-21(16-14-19)28-30-24-10-4-5-11-25(24)31(28)22-8-2-1-3-9-22;/h1-18,32H;/q;+1. The maximum absolute atomic E-state index is 12.2. The average molecular weight is 420 g/mol. The van der Waals surface area contributed by atoms with Gasteiger partial charge in [0.15, 0.2) is 0 Å². The summed E-state index contributed by atoms with van der Waals surface area (Å²) in [7, 11) is 0. The van der Waals surface area contributed by atoms with Crippen molar-refractivity contribution in [2.75, 3.05) is 0 Å². The third-order valence-corrected chi connectivity index (χ3v) is 5.78. The van der Waals surface area contributed by atoms with Crippen molar-refractivity contribution < 1.29 is 29.0 Å². The van der Waals surface area contributed by atoms with Crippen LogP contribution >= 0.6 is 0 Å². The Morgan fingerprint density at radius 3 is 2.21 bits per heavy atom. The van der Waals surface area contributed by atoms with Crippen LogP contribution in [0.3, 0.4) is 0 Å².